The number of benzene rings is 1. The zero-order valence-corrected chi connectivity index (χ0v) is 12.4. The van der Waals surface area contributed by atoms with Gasteiger partial charge in [0.1, 0.15) is 24.1 Å². The van der Waals surface area contributed by atoms with Crippen molar-refractivity contribution in [2.75, 3.05) is 0 Å². The Morgan fingerprint density at radius 2 is 1.95 bits per heavy atom. The Bertz CT molecular complexity index is 624. The second-order valence-corrected chi connectivity index (χ2v) is 5.11. The van der Waals surface area contributed by atoms with E-state index in [1.165, 1.54) is 0 Å². The van der Waals surface area contributed by atoms with Crippen molar-refractivity contribution in [3.8, 4) is 11.8 Å². The number of halogens is 1. The summed E-state index contributed by atoms with van der Waals surface area (Å²) in [5, 5.41) is 8.79. The fraction of sp³-hybridized carbons (Fsp3) is 0.200. The van der Waals surface area contributed by atoms with E-state index in [0.29, 0.717) is 12.3 Å². The van der Waals surface area contributed by atoms with Crippen LogP contribution < -0.4 is 4.74 Å². The van der Waals surface area contributed by atoms with Crippen molar-refractivity contribution < 1.29 is 4.74 Å². The lowest BCUT2D eigenvalue weighted by atomic mass is 10.1. The van der Waals surface area contributed by atoms with Gasteiger partial charge in [0.05, 0.1) is 0 Å². The quantitative estimate of drug-likeness (QED) is 0.862. The first-order valence-electron chi connectivity index (χ1n) is 5.84. The van der Waals surface area contributed by atoms with Crippen LogP contribution in [-0.4, -0.2) is 4.98 Å². The molecular weight excluding hydrogens is 304 g/mol. The van der Waals surface area contributed by atoms with Gasteiger partial charge in [-0.2, -0.15) is 5.26 Å². The third-order valence-electron chi connectivity index (χ3n) is 2.75. The molecule has 0 fully saturated rings. The molecule has 0 aliphatic carbocycles. The van der Waals surface area contributed by atoms with E-state index >= 15 is 0 Å². The molecule has 0 N–H and O–H groups in total. The number of nitriles is 1. The minimum absolute atomic E-state index is 0.407. The maximum absolute atomic E-state index is 8.79. The smallest absolute Gasteiger partial charge is 0.140 e. The van der Waals surface area contributed by atoms with Crippen LogP contribution in [0, 0.1) is 25.2 Å². The molecule has 19 heavy (non-hydrogen) atoms. The molecule has 0 bridgehead atoms. The highest BCUT2D eigenvalue weighted by Gasteiger charge is 2.04. The molecule has 96 valence electrons. The lowest BCUT2D eigenvalue weighted by molar-refractivity contribution is 0.305. The van der Waals surface area contributed by atoms with Crippen LogP contribution in [0.4, 0.5) is 0 Å². The molecule has 2 rings (SSSR count). The predicted octanol–water partition coefficient (Wildman–Crippen LogP) is 3.91. The number of ether oxygens (including phenoxy) is 1. The molecule has 0 saturated heterocycles. The van der Waals surface area contributed by atoms with Gasteiger partial charge in [0, 0.05) is 10.7 Å². The van der Waals surface area contributed by atoms with Gasteiger partial charge in [-0.3, -0.25) is 0 Å². The van der Waals surface area contributed by atoms with Gasteiger partial charge >= 0.3 is 0 Å². The van der Waals surface area contributed by atoms with Gasteiger partial charge in [-0.05, 0) is 54.8 Å². The summed E-state index contributed by atoms with van der Waals surface area (Å²) in [6, 6.07) is 9.58. The summed E-state index contributed by atoms with van der Waals surface area (Å²) in [5.74, 6) is 0.827. The number of nitrogens with zero attached hydrogens (tertiary/aromatic N) is 2. The third kappa shape index (κ3) is 3.33. The largest absolute Gasteiger partial charge is 0.489 e. The second-order valence-electron chi connectivity index (χ2n) is 4.32. The predicted molar refractivity (Wildman–Crippen MR) is 76.9 cm³/mol. The maximum Gasteiger partial charge on any atom is 0.140 e. The average molecular weight is 317 g/mol. The van der Waals surface area contributed by atoms with Crippen molar-refractivity contribution in [3.63, 3.8) is 0 Å². The van der Waals surface area contributed by atoms with E-state index in [2.05, 4.69) is 20.9 Å². The van der Waals surface area contributed by atoms with E-state index < -0.39 is 0 Å². The topological polar surface area (TPSA) is 45.9 Å². The molecule has 0 aliphatic heterocycles. The molecule has 4 heteroatoms. The van der Waals surface area contributed by atoms with E-state index in [0.717, 1.165) is 26.9 Å². The summed E-state index contributed by atoms with van der Waals surface area (Å²) in [4.78, 5) is 3.93. The summed E-state index contributed by atoms with van der Waals surface area (Å²) < 4.78 is 6.86. The lowest BCUT2D eigenvalue weighted by Crippen LogP contribution is -1.98. The molecule has 0 unspecified atom stereocenters. The Labute approximate surface area is 121 Å². The molecular formula is C15H13BrN2O. The molecule has 1 aromatic carbocycles. The lowest BCUT2D eigenvalue weighted by Gasteiger charge is -2.10. The molecule has 1 heterocycles. The fourth-order valence-electron chi connectivity index (χ4n) is 1.78. The standard InChI is InChI=1S/C15H13BrN2O/c1-10-5-14(6-11(2)15(10)16)19-9-12-3-4-18-13(7-12)8-17/h3-7H,9H2,1-2H3. The van der Waals surface area contributed by atoms with E-state index in [1.807, 2.05) is 38.1 Å². The Balaban J connectivity index is 2.12. The summed E-state index contributed by atoms with van der Waals surface area (Å²) in [6.07, 6.45) is 1.62. The number of hydrogen-bond acceptors (Lipinski definition) is 3. The zero-order chi connectivity index (χ0) is 13.8. The Hall–Kier alpha value is -1.86. The summed E-state index contributed by atoms with van der Waals surface area (Å²) in [5.41, 5.74) is 3.62. The average Bonchev–Trinajstić information content (AvgIpc) is 2.42. The van der Waals surface area contributed by atoms with Crippen LogP contribution in [-0.2, 0) is 6.61 Å². The third-order valence-corrected chi connectivity index (χ3v) is 4.01. The van der Waals surface area contributed by atoms with Gasteiger partial charge in [-0.15, -0.1) is 0 Å². The molecule has 0 amide bonds. The molecule has 0 spiro atoms. The Morgan fingerprint density at radius 1 is 1.26 bits per heavy atom. The summed E-state index contributed by atoms with van der Waals surface area (Å²) in [6.45, 7) is 4.49. The molecule has 3 nitrogen and oxygen atoms in total. The SMILES string of the molecule is Cc1cc(OCc2ccnc(C#N)c2)cc(C)c1Br. The van der Waals surface area contributed by atoms with Crippen molar-refractivity contribution in [1.82, 2.24) is 4.98 Å². The molecule has 2 aromatic rings. The van der Waals surface area contributed by atoms with E-state index in [9.17, 15) is 0 Å². The van der Waals surface area contributed by atoms with Gasteiger partial charge in [0.15, 0.2) is 0 Å². The number of pyridine rings is 1. The van der Waals surface area contributed by atoms with Gasteiger partial charge in [-0.25, -0.2) is 4.98 Å². The molecule has 1 aromatic heterocycles. The first-order chi connectivity index (χ1) is 9.10. The van der Waals surface area contributed by atoms with Crippen molar-refractivity contribution in [2.24, 2.45) is 0 Å². The summed E-state index contributed by atoms with van der Waals surface area (Å²) in [7, 11) is 0. The van der Waals surface area contributed by atoms with Crippen LogP contribution in [0.3, 0.4) is 0 Å². The highest BCUT2D eigenvalue weighted by molar-refractivity contribution is 9.10. The van der Waals surface area contributed by atoms with Crippen LogP contribution in [0.2, 0.25) is 0 Å². The van der Waals surface area contributed by atoms with E-state index in [4.69, 9.17) is 10.00 Å². The van der Waals surface area contributed by atoms with Crippen molar-refractivity contribution in [3.05, 3.63) is 57.3 Å². The van der Waals surface area contributed by atoms with Gasteiger partial charge in [-0.1, -0.05) is 15.9 Å². The highest BCUT2D eigenvalue weighted by atomic mass is 79.9. The first-order valence-corrected chi connectivity index (χ1v) is 6.64. The molecule has 0 radical (unpaired) electrons. The van der Waals surface area contributed by atoms with Crippen LogP contribution in [0.25, 0.3) is 0 Å². The van der Waals surface area contributed by atoms with Crippen LogP contribution in [0.15, 0.2) is 34.9 Å². The zero-order valence-electron chi connectivity index (χ0n) is 10.8. The van der Waals surface area contributed by atoms with Crippen LogP contribution in [0.5, 0.6) is 5.75 Å². The second kappa shape index (κ2) is 5.85. The monoisotopic (exact) mass is 316 g/mol. The highest BCUT2D eigenvalue weighted by Crippen LogP contribution is 2.26. The summed E-state index contributed by atoms with van der Waals surface area (Å²) >= 11 is 3.53. The number of hydrogen-bond donors (Lipinski definition) is 0. The molecule has 0 saturated carbocycles. The van der Waals surface area contributed by atoms with Crippen LogP contribution in [0.1, 0.15) is 22.4 Å². The Kier molecular flexibility index (Phi) is 4.18. The van der Waals surface area contributed by atoms with Crippen molar-refractivity contribution in [2.45, 2.75) is 20.5 Å². The number of aromatic nitrogens is 1. The molecule has 0 aliphatic rings. The van der Waals surface area contributed by atoms with Crippen molar-refractivity contribution in [1.29, 1.82) is 5.26 Å². The van der Waals surface area contributed by atoms with Gasteiger partial charge in [0.2, 0.25) is 0 Å². The minimum Gasteiger partial charge on any atom is -0.489 e. The van der Waals surface area contributed by atoms with E-state index in [-0.39, 0.29) is 0 Å². The normalized spacial score (nSPS) is 10.0. The Morgan fingerprint density at radius 3 is 2.58 bits per heavy atom. The van der Waals surface area contributed by atoms with Crippen molar-refractivity contribution >= 4 is 15.9 Å². The van der Waals surface area contributed by atoms with Gasteiger partial charge < -0.3 is 4.74 Å². The van der Waals surface area contributed by atoms with Crippen LogP contribution >= 0.6 is 15.9 Å². The van der Waals surface area contributed by atoms with E-state index in [1.54, 1.807) is 12.3 Å². The number of rotatable bonds is 3. The molecule has 0 atom stereocenters. The maximum atomic E-state index is 8.79. The number of aryl methyl sites for hydroxylation is 2. The van der Waals surface area contributed by atoms with Gasteiger partial charge in [0.25, 0.3) is 0 Å². The minimum atomic E-state index is 0.407. The first kappa shape index (κ1) is 13.6. The fourth-order valence-corrected chi connectivity index (χ4v) is 2.01.